The smallest absolute Gasteiger partial charge is 0.255 e. The lowest BCUT2D eigenvalue weighted by atomic mass is 10.00. The number of benzene rings is 3. The summed E-state index contributed by atoms with van der Waals surface area (Å²) < 4.78 is 52.9. The normalized spacial score (nSPS) is 11.7. The van der Waals surface area contributed by atoms with Gasteiger partial charge >= 0.3 is 0 Å². The quantitative estimate of drug-likeness (QED) is 0.229. The molecule has 3 heterocycles. The molecule has 3 aromatic carbocycles. The van der Waals surface area contributed by atoms with Crippen molar-refractivity contribution in [3.05, 3.63) is 83.7 Å². The molecule has 0 saturated heterocycles. The summed E-state index contributed by atoms with van der Waals surface area (Å²) in [6.07, 6.45) is 1.08. The molecule has 2 N–H and O–H groups in total. The Labute approximate surface area is 252 Å². The van der Waals surface area contributed by atoms with Gasteiger partial charge in [-0.3, -0.25) is 9.10 Å². The van der Waals surface area contributed by atoms with Crippen molar-refractivity contribution in [2.45, 2.75) is 6.92 Å². The molecule has 6 aromatic rings. The second-order valence-corrected chi connectivity index (χ2v) is 12.4. The first-order chi connectivity index (χ1) is 21.0. The monoisotopic (exact) mass is 613 g/mol. The Kier molecular flexibility index (Phi) is 7.08. The molecule has 3 aromatic heterocycles. The van der Waals surface area contributed by atoms with Crippen molar-refractivity contribution in [3.63, 3.8) is 0 Å². The zero-order valence-corrected chi connectivity index (χ0v) is 25.3. The van der Waals surface area contributed by atoms with E-state index in [2.05, 4.69) is 20.5 Å². The van der Waals surface area contributed by atoms with Crippen LogP contribution in [0.3, 0.4) is 0 Å². The van der Waals surface area contributed by atoms with Gasteiger partial charge in [-0.15, -0.1) is 10.2 Å². The summed E-state index contributed by atoms with van der Waals surface area (Å²) in [7, 11) is 0.645. The highest BCUT2D eigenvalue weighted by atomic mass is 32.2. The first-order valence-corrected chi connectivity index (χ1v) is 15.4. The molecule has 0 aliphatic carbocycles. The number of furan rings is 1. The highest BCUT2D eigenvalue weighted by molar-refractivity contribution is 7.92. The van der Waals surface area contributed by atoms with Crippen molar-refractivity contribution in [1.82, 2.24) is 20.5 Å². The lowest BCUT2D eigenvalue weighted by molar-refractivity contribution is 0.0964. The fraction of sp³-hybridized carbons (Fsp3) is 0.156. The van der Waals surface area contributed by atoms with Crippen LogP contribution in [0.25, 0.3) is 55.7 Å². The molecule has 0 bridgehead atoms. The highest BCUT2D eigenvalue weighted by Crippen LogP contribution is 2.42. The maximum Gasteiger partial charge on any atom is 0.255 e. The van der Waals surface area contributed by atoms with E-state index >= 15 is 0 Å². The number of aromatic amines is 1. The van der Waals surface area contributed by atoms with E-state index in [-0.39, 0.29) is 34.5 Å². The van der Waals surface area contributed by atoms with E-state index < -0.39 is 10.0 Å². The van der Waals surface area contributed by atoms with E-state index in [4.69, 9.17) is 9.15 Å². The molecular formula is C32H28FN5O5S. The molecule has 0 saturated carbocycles. The minimum Gasteiger partial charge on any atom is -0.479 e. The van der Waals surface area contributed by atoms with E-state index in [1.54, 1.807) is 36.4 Å². The molecule has 0 unspecified atom stereocenters. The lowest BCUT2D eigenvalue weighted by Gasteiger charge is -2.20. The third kappa shape index (κ3) is 4.92. The largest absolute Gasteiger partial charge is 0.479 e. The molecular weight excluding hydrogens is 585 g/mol. The Morgan fingerprint density at radius 2 is 1.77 bits per heavy atom. The molecule has 1 amide bonds. The average Bonchev–Trinajstić information content (AvgIpc) is 3.62. The van der Waals surface area contributed by atoms with Crippen LogP contribution in [0.4, 0.5) is 10.1 Å². The SMILES string of the molecule is CNC(=O)c1c(-c2ccc(C)cc2)oc2cc(N(C)S(C)(=O)=O)c(-c3cc(-c4cc5c(F)cccc5[nH]4)c(OC)nn3)cc12. The zero-order chi connectivity index (χ0) is 31.3. The molecule has 0 atom stereocenters. The molecule has 0 aliphatic rings. The number of H-pyrrole nitrogens is 1. The first kappa shape index (κ1) is 28.9. The highest BCUT2D eigenvalue weighted by Gasteiger charge is 2.27. The van der Waals surface area contributed by atoms with Gasteiger partial charge in [0.15, 0.2) is 0 Å². The van der Waals surface area contributed by atoms with Crippen molar-refractivity contribution >= 4 is 43.5 Å². The summed E-state index contributed by atoms with van der Waals surface area (Å²) in [5, 5.41) is 12.1. The maximum atomic E-state index is 14.5. The van der Waals surface area contributed by atoms with Gasteiger partial charge in [-0.05, 0) is 37.3 Å². The second-order valence-electron chi connectivity index (χ2n) is 10.4. The third-order valence-electron chi connectivity index (χ3n) is 7.54. The number of amides is 1. The lowest BCUT2D eigenvalue weighted by Crippen LogP contribution is -2.25. The van der Waals surface area contributed by atoms with Gasteiger partial charge in [0.05, 0.1) is 41.6 Å². The summed E-state index contributed by atoms with van der Waals surface area (Å²) in [5.41, 5.74) is 4.79. The van der Waals surface area contributed by atoms with Gasteiger partial charge in [0.25, 0.3) is 5.91 Å². The minimum absolute atomic E-state index is 0.177. The van der Waals surface area contributed by atoms with Crippen LogP contribution in [-0.4, -0.2) is 57.0 Å². The molecule has 10 nitrogen and oxygen atoms in total. The van der Waals surface area contributed by atoms with Crippen molar-refractivity contribution in [2.24, 2.45) is 0 Å². The number of aryl methyl sites for hydroxylation is 1. The van der Waals surface area contributed by atoms with E-state index in [1.165, 1.54) is 27.3 Å². The van der Waals surface area contributed by atoms with Crippen LogP contribution in [0.2, 0.25) is 0 Å². The van der Waals surface area contributed by atoms with Crippen LogP contribution in [-0.2, 0) is 10.0 Å². The van der Waals surface area contributed by atoms with E-state index in [0.29, 0.717) is 50.0 Å². The van der Waals surface area contributed by atoms with Crippen LogP contribution in [0, 0.1) is 12.7 Å². The fourth-order valence-electron chi connectivity index (χ4n) is 5.15. The number of nitrogens with one attached hydrogen (secondary N) is 2. The van der Waals surface area contributed by atoms with Gasteiger partial charge in [-0.25, -0.2) is 12.8 Å². The summed E-state index contributed by atoms with van der Waals surface area (Å²) in [4.78, 5) is 16.4. The summed E-state index contributed by atoms with van der Waals surface area (Å²) in [5.74, 6) is -0.252. The third-order valence-corrected chi connectivity index (χ3v) is 8.73. The van der Waals surface area contributed by atoms with Gasteiger partial charge in [0.1, 0.15) is 17.2 Å². The molecule has 0 radical (unpaired) electrons. The topological polar surface area (TPSA) is 130 Å². The number of rotatable bonds is 7. The molecule has 6 rings (SSSR count). The number of ether oxygens (including phenoxy) is 1. The fourth-order valence-corrected chi connectivity index (χ4v) is 5.66. The van der Waals surface area contributed by atoms with Gasteiger partial charge in [-0.2, -0.15) is 0 Å². The number of anilines is 1. The second kappa shape index (κ2) is 10.8. The Morgan fingerprint density at radius 3 is 2.43 bits per heavy atom. The number of aromatic nitrogens is 3. The number of hydrogen-bond donors (Lipinski definition) is 2. The van der Waals surface area contributed by atoms with Gasteiger partial charge in [0, 0.05) is 47.6 Å². The summed E-state index contributed by atoms with van der Waals surface area (Å²) in [6.45, 7) is 1.96. The number of fused-ring (bicyclic) bond motifs is 2. The van der Waals surface area contributed by atoms with E-state index in [1.807, 2.05) is 31.2 Å². The standard InChI is InChI=1S/C32H28FN5O5S/c1-17-9-11-18(12-10-17)30-29(31(39)34-2)22-13-20(27(16-28(22)43-30)38(3)44(5,40)41)26-15-21(32(42-4)37-36-26)25-14-19-23(33)7-6-8-24(19)35-25/h6-16,35H,1-5H3,(H,34,39). The number of carbonyl (C=O) groups is 1. The number of sulfonamides is 1. The Morgan fingerprint density at radius 1 is 1.02 bits per heavy atom. The van der Waals surface area contributed by atoms with Crippen LogP contribution in [0.5, 0.6) is 5.88 Å². The first-order valence-electron chi connectivity index (χ1n) is 13.5. The van der Waals surface area contributed by atoms with Crippen LogP contribution in [0.1, 0.15) is 15.9 Å². The number of nitrogens with zero attached hydrogens (tertiary/aromatic N) is 3. The number of carbonyl (C=O) groups excluding carboxylic acids is 1. The average molecular weight is 614 g/mol. The zero-order valence-electron chi connectivity index (χ0n) is 24.5. The minimum atomic E-state index is -3.74. The van der Waals surface area contributed by atoms with E-state index in [0.717, 1.165) is 16.1 Å². The predicted octanol–water partition coefficient (Wildman–Crippen LogP) is 5.92. The summed E-state index contributed by atoms with van der Waals surface area (Å²) >= 11 is 0. The number of methoxy groups -OCH3 is 1. The van der Waals surface area contributed by atoms with Crippen molar-refractivity contribution in [1.29, 1.82) is 0 Å². The van der Waals surface area contributed by atoms with Crippen LogP contribution in [0.15, 0.2) is 71.1 Å². The van der Waals surface area contributed by atoms with Crippen LogP contribution >= 0.6 is 0 Å². The van der Waals surface area contributed by atoms with Crippen LogP contribution < -0.4 is 14.4 Å². The van der Waals surface area contributed by atoms with Crippen molar-refractivity contribution in [3.8, 4) is 39.7 Å². The Bertz CT molecular complexity index is 2190. The van der Waals surface area contributed by atoms with Crippen molar-refractivity contribution < 1.29 is 26.8 Å². The predicted molar refractivity (Wildman–Crippen MR) is 168 cm³/mol. The molecule has 0 aliphatic heterocycles. The van der Waals surface area contributed by atoms with Gasteiger partial charge in [0.2, 0.25) is 15.9 Å². The maximum absolute atomic E-state index is 14.5. The molecule has 12 heteroatoms. The molecule has 44 heavy (non-hydrogen) atoms. The number of hydrogen-bond acceptors (Lipinski definition) is 7. The molecule has 0 fully saturated rings. The summed E-state index contributed by atoms with van der Waals surface area (Å²) in [6, 6.07) is 18.8. The van der Waals surface area contributed by atoms with E-state index in [9.17, 15) is 17.6 Å². The molecule has 0 spiro atoms. The molecule has 224 valence electrons. The van der Waals surface area contributed by atoms with Crippen molar-refractivity contribution in [2.75, 3.05) is 31.8 Å². The Hall–Kier alpha value is -5.23. The van der Waals surface area contributed by atoms with Gasteiger partial charge < -0.3 is 19.5 Å². The Balaban J connectivity index is 1.64. The number of halogens is 1. The van der Waals surface area contributed by atoms with Gasteiger partial charge in [-0.1, -0.05) is 35.9 Å².